The van der Waals surface area contributed by atoms with Gasteiger partial charge in [0.25, 0.3) is 0 Å². The van der Waals surface area contributed by atoms with Crippen molar-refractivity contribution in [1.82, 2.24) is 4.98 Å². The summed E-state index contributed by atoms with van der Waals surface area (Å²) in [7, 11) is 0. The standard InChI is InChI=1S/C15H17N3O2/c1-11-4-3-5-14(12(11)2)17-15(10-18(19)20)13-6-8-16-9-7-13/h3-9,15,17H,10H2,1-2H3. The van der Waals surface area contributed by atoms with Gasteiger partial charge in [0.2, 0.25) is 6.54 Å². The molecular formula is C15H17N3O2. The minimum Gasteiger partial charge on any atom is -0.372 e. The molecule has 104 valence electrons. The van der Waals surface area contributed by atoms with Crippen molar-refractivity contribution in [2.24, 2.45) is 0 Å². The fraction of sp³-hybridized carbons (Fsp3) is 0.267. The van der Waals surface area contributed by atoms with Crippen LogP contribution in [0.5, 0.6) is 0 Å². The quantitative estimate of drug-likeness (QED) is 0.670. The highest BCUT2D eigenvalue weighted by atomic mass is 16.6. The van der Waals surface area contributed by atoms with Crippen LogP contribution in [0.15, 0.2) is 42.7 Å². The molecule has 2 aromatic rings. The van der Waals surface area contributed by atoms with E-state index >= 15 is 0 Å². The van der Waals surface area contributed by atoms with Crippen molar-refractivity contribution in [1.29, 1.82) is 0 Å². The molecule has 1 unspecified atom stereocenters. The van der Waals surface area contributed by atoms with Crippen LogP contribution in [-0.4, -0.2) is 16.5 Å². The van der Waals surface area contributed by atoms with Crippen molar-refractivity contribution in [3.8, 4) is 0 Å². The van der Waals surface area contributed by atoms with Crippen molar-refractivity contribution >= 4 is 5.69 Å². The summed E-state index contributed by atoms with van der Waals surface area (Å²) in [6, 6.07) is 9.14. The number of hydrogen-bond donors (Lipinski definition) is 1. The van der Waals surface area contributed by atoms with Crippen molar-refractivity contribution < 1.29 is 4.92 Å². The van der Waals surface area contributed by atoms with Gasteiger partial charge in [-0.15, -0.1) is 0 Å². The second-order valence-electron chi connectivity index (χ2n) is 4.74. The Morgan fingerprint density at radius 1 is 1.25 bits per heavy atom. The highest BCUT2D eigenvalue weighted by molar-refractivity contribution is 5.55. The molecule has 0 radical (unpaired) electrons. The van der Waals surface area contributed by atoms with Crippen LogP contribution in [0.1, 0.15) is 22.7 Å². The Hall–Kier alpha value is -2.43. The Balaban J connectivity index is 2.29. The molecule has 20 heavy (non-hydrogen) atoms. The molecule has 5 heteroatoms. The number of nitrogens with zero attached hydrogens (tertiary/aromatic N) is 2. The van der Waals surface area contributed by atoms with Crippen LogP contribution < -0.4 is 5.32 Å². The Bertz CT molecular complexity index is 599. The second-order valence-corrected chi connectivity index (χ2v) is 4.74. The molecule has 1 N–H and O–H groups in total. The van der Waals surface area contributed by atoms with Gasteiger partial charge in [-0.1, -0.05) is 12.1 Å². The van der Waals surface area contributed by atoms with E-state index in [4.69, 9.17) is 0 Å². The van der Waals surface area contributed by atoms with Gasteiger partial charge in [-0.05, 0) is 48.7 Å². The summed E-state index contributed by atoms with van der Waals surface area (Å²) in [4.78, 5) is 14.5. The van der Waals surface area contributed by atoms with Crippen LogP contribution in [0.2, 0.25) is 0 Å². The lowest BCUT2D eigenvalue weighted by Gasteiger charge is -2.19. The van der Waals surface area contributed by atoms with Crippen molar-refractivity contribution in [3.63, 3.8) is 0 Å². The van der Waals surface area contributed by atoms with Gasteiger partial charge in [-0.3, -0.25) is 15.1 Å². The van der Waals surface area contributed by atoms with E-state index in [1.807, 2.05) is 32.0 Å². The Kier molecular flexibility index (Phi) is 4.30. The Morgan fingerprint density at radius 2 is 1.95 bits per heavy atom. The van der Waals surface area contributed by atoms with Crippen LogP contribution >= 0.6 is 0 Å². The van der Waals surface area contributed by atoms with Gasteiger partial charge in [0, 0.05) is 23.0 Å². The van der Waals surface area contributed by atoms with E-state index in [9.17, 15) is 10.1 Å². The summed E-state index contributed by atoms with van der Waals surface area (Å²) in [5.74, 6) is 0. The fourth-order valence-electron chi connectivity index (χ4n) is 2.07. The lowest BCUT2D eigenvalue weighted by Crippen LogP contribution is -2.21. The predicted molar refractivity (Wildman–Crippen MR) is 78.4 cm³/mol. The van der Waals surface area contributed by atoms with Crippen molar-refractivity contribution in [2.45, 2.75) is 19.9 Å². The van der Waals surface area contributed by atoms with Crippen LogP contribution in [0.3, 0.4) is 0 Å². The molecule has 0 saturated heterocycles. The molecule has 1 aromatic carbocycles. The van der Waals surface area contributed by atoms with Crippen molar-refractivity contribution in [3.05, 3.63) is 69.5 Å². The predicted octanol–water partition coefficient (Wildman–Crippen LogP) is 3.13. The number of hydrogen-bond acceptors (Lipinski definition) is 4. The summed E-state index contributed by atoms with van der Waals surface area (Å²) in [6.07, 6.45) is 3.29. The average Bonchev–Trinajstić information content (AvgIpc) is 2.43. The van der Waals surface area contributed by atoms with Gasteiger partial charge >= 0.3 is 0 Å². The van der Waals surface area contributed by atoms with E-state index in [1.54, 1.807) is 24.5 Å². The topological polar surface area (TPSA) is 68.1 Å². The van der Waals surface area contributed by atoms with E-state index < -0.39 is 0 Å². The fourth-order valence-corrected chi connectivity index (χ4v) is 2.07. The number of pyridine rings is 1. The molecule has 1 aromatic heterocycles. The molecule has 0 saturated carbocycles. The van der Waals surface area contributed by atoms with Gasteiger partial charge in [0.15, 0.2) is 0 Å². The molecule has 0 aliphatic rings. The first-order valence-corrected chi connectivity index (χ1v) is 6.42. The third-order valence-corrected chi connectivity index (χ3v) is 3.37. The summed E-state index contributed by atoms with van der Waals surface area (Å²) < 4.78 is 0. The number of aryl methyl sites for hydroxylation is 1. The van der Waals surface area contributed by atoms with Gasteiger partial charge in [0.05, 0.1) is 0 Å². The average molecular weight is 271 g/mol. The van der Waals surface area contributed by atoms with E-state index in [-0.39, 0.29) is 17.5 Å². The van der Waals surface area contributed by atoms with E-state index in [1.165, 1.54) is 0 Å². The van der Waals surface area contributed by atoms with E-state index in [2.05, 4.69) is 10.3 Å². The SMILES string of the molecule is Cc1cccc(NC(C[N+](=O)[O-])c2ccncc2)c1C. The van der Waals surface area contributed by atoms with Crippen LogP contribution in [-0.2, 0) is 0 Å². The zero-order chi connectivity index (χ0) is 14.5. The first kappa shape index (κ1) is 14.0. The smallest absolute Gasteiger partial charge is 0.227 e. The zero-order valence-electron chi connectivity index (χ0n) is 11.5. The van der Waals surface area contributed by atoms with Crippen LogP contribution in [0, 0.1) is 24.0 Å². The molecule has 1 atom stereocenters. The molecule has 1 heterocycles. The molecule has 0 aliphatic heterocycles. The molecule has 0 bridgehead atoms. The minimum absolute atomic E-state index is 0.169. The maximum atomic E-state index is 10.9. The van der Waals surface area contributed by atoms with Crippen LogP contribution in [0.4, 0.5) is 5.69 Å². The largest absolute Gasteiger partial charge is 0.372 e. The first-order chi connectivity index (χ1) is 9.58. The summed E-state index contributed by atoms with van der Waals surface area (Å²) in [5.41, 5.74) is 4.05. The van der Waals surface area contributed by atoms with Crippen LogP contribution in [0.25, 0.3) is 0 Å². The first-order valence-electron chi connectivity index (χ1n) is 6.42. The maximum absolute atomic E-state index is 10.9. The summed E-state index contributed by atoms with van der Waals surface area (Å²) >= 11 is 0. The third-order valence-electron chi connectivity index (χ3n) is 3.37. The highest BCUT2D eigenvalue weighted by Gasteiger charge is 2.18. The normalized spacial score (nSPS) is 11.9. The van der Waals surface area contributed by atoms with Gasteiger partial charge < -0.3 is 5.32 Å². The van der Waals surface area contributed by atoms with Crippen molar-refractivity contribution in [2.75, 3.05) is 11.9 Å². The molecule has 0 aliphatic carbocycles. The number of anilines is 1. The number of benzene rings is 1. The lowest BCUT2D eigenvalue weighted by atomic mass is 10.0. The van der Waals surface area contributed by atoms with Gasteiger partial charge in [0.1, 0.15) is 6.04 Å². The Morgan fingerprint density at radius 3 is 2.60 bits per heavy atom. The minimum atomic E-state index is -0.367. The molecule has 0 spiro atoms. The van der Waals surface area contributed by atoms with Gasteiger partial charge in [-0.2, -0.15) is 0 Å². The second kappa shape index (κ2) is 6.14. The summed E-state index contributed by atoms with van der Waals surface area (Å²) in [5, 5.41) is 14.1. The highest BCUT2D eigenvalue weighted by Crippen LogP contribution is 2.24. The van der Waals surface area contributed by atoms with Gasteiger partial charge in [-0.25, -0.2) is 0 Å². The number of aromatic nitrogens is 1. The molecular weight excluding hydrogens is 254 g/mol. The molecule has 0 amide bonds. The number of rotatable bonds is 5. The summed E-state index contributed by atoms with van der Waals surface area (Å²) in [6.45, 7) is 3.86. The molecule has 0 fully saturated rings. The molecule has 2 rings (SSSR count). The zero-order valence-corrected chi connectivity index (χ0v) is 11.5. The molecule has 5 nitrogen and oxygen atoms in total. The third kappa shape index (κ3) is 3.32. The Labute approximate surface area is 117 Å². The monoisotopic (exact) mass is 271 g/mol. The number of nitro groups is 1. The number of nitrogens with one attached hydrogen (secondary N) is 1. The maximum Gasteiger partial charge on any atom is 0.227 e. The lowest BCUT2D eigenvalue weighted by molar-refractivity contribution is -0.482. The van der Waals surface area contributed by atoms with E-state index in [0.29, 0.717) is 0 Å². The van der Waals surface area contributed by atoms with E-state index in [0.717, 1.165) is 22.4 Å².